The summed E-state index contributed by atoms with van der Waals surface area (Å²) in [6.07, 6.45) is -1.32. The minimum absolute atomic E-state index is 0.0218. The quantitative estimate of drug-likeness (QED) is 0.00541. The third-order valence-electron chi connectivity index (χ3n) is 24.8. The molecule has 133 heavy (non-hydrogen) atoms. The molecule has 732 valence electrons. The van der Waals surface area contributed by atoms with Crippen LogP contribution in [0.4, 0.5) is 15.5 Å². The number of benzene rings is 2. The zero-order valence-electron chi connectivity index (χ0n) is 78.4. The van der Waals surface area contributed by atoms with E-state index in [-0.39, 0.29) is 66.1 Å². The highest BCUT2D eigenvalue weighted by Crippen LogP contribution is 2.65. The SMILES string of the molecule is CCCOCCOCCOCCn1cc(CCc2nc(CCCNC(=O)C(C)SSc3ccccc3CC(=O)O[C@@H](C(=O)O[C@H]3C[C@@]4(O)[C@@H](OC(=O)c5ccccc5)[C@@H]5[C@]6(OC(C)=O)CO[C@@H]6C[C@H](O)[C@@]5(C)C(=O)[C@H](OC(=O)C5CC5)C(=C3C)C4(C)C)[C@H](C=C(C)C)NC(=O)OC(C)(C)C)nc(NCCOCCOCCOCCCC(=O)CCCC[C@@H]3SC[C@@H]4NC(=O)N[C@@H]43)n2)nn1. The van der Waals surface area contributed by atoms with E-state index in [1.165, 1.54) is 53.6 Å². The van der Waals surface area contributed by atoms with Crippen molar-refractivity contribution < 1.29 is 120 Å². The van der Waals surface area contributed by atoms with E-state index >= 15 is 9.59 Å². The van der Waals surface area contributed by atoms with Crippen molar-refractivity contribution in [3.63, 3.8) is 0 Å². The van der Waals surface area contributed by atoms with Crippen molar-refractivity contribution >= 4 is 98.7 Å². The molecule has 39 heteroatoms. The highest BCUT2D eigenvalue weighted by Gasteiger charge is 2.79. The number of aliphatic hydroxyl groups is 2. The summed E-state index contributed by atoms with van der Waals surface area (Å²) in [6.45, 7) is 25.3. The predicted octanol–water partition coefficient (Wildman–Crippen LogP) is 9.04. The number of amides is 4. The number of nitrogens with zero attached hydrogens (tertiary/aromatic N) is 6. The summed E-state index contributed by atoms with van der Waals surface area (Å²) < 4.78 is 79.6. The third kappa shape index (κ3) is 28.7. The number of hydrogen-bond acceptors (Lipinski definition) is 34. The number of ether oxygens (including phenoxy) is 13. The van der Waals surface area contributed by atoms with E-state index in [1.807, 2.05) is 18.0 Å². The zero-order valence-corrected chi connectivity index (χ0v) is 80.8. The van der Waals surface area contributed by atoms with Crippen LogP contribution >= 0.6 is 33.3 Å². The maximum Gasteiger partial charge on any atom is 0.408 e. The molecule has 2 aromatic carbocycles. The molecule has 7 aliphatic rings. The van der Waals surface area contributed by atoms with Crippen molar-refractivity contribution in [3.05, 3.63) is 112 Å². The molecule has 11 rings (SSSR count). The Labute approximate surface area is 789 Å². The number of unbranched alkanes of at least 4 members (excludes halogenated alkanes) is 1. The van der Waals surface area contributed by atoms with Gasteiger partial charge in [0.2, 0.25) is 18.0 Å². The highest BCUT2D eigenvalue weighted by molar-refractivity contribution is 8.77. The molecule has 4 amide bonds. The number of fused-ring (bicyclic) bond motifs is 6. The van der Waals surface area contributed by atoms with E-state index in [4.69, 9.17) is 76.5 Å². The second-order valence-corrected chi connectivity index (χ2v) is 40.5. The number of rotatable bonds is 54. The number of carbonyl (C=O) groups excluding carboxylic acids is 10. The van der Waals surface area contributed by atoms with Gasteiger partial charge < -0.3 is 98.4 Å². The van der Waals surface area contributed by atoms with Crippen molar-refractivity contribution in [1.29, 1.82) is 0 Å². The van der Waals surface area contributed by atoms with E-state index in [9.17, 15) is 48.6 Å². The van der Waals surface area contributed by atoms with Gasteiger partial charge >= 0.3 is 42.0 Å². The van der Waals surface area contributed by atoms with Gasteiger partial charge in [-0.1, -0.05) is 102 Å². The van der Waals surface area contributed by atoms with Gasteiger partial charge in [0.15, 0.2) is 17.5 Å². The molecule has 7 N–H and O–H groups in total. The Balaban J connectivity index is 0.715. The Kier molecular flexibility index (Phi) is 38.8. The lowest BCUT2D eigenvalue weighted by atomic mass is 9.44. The fourth-order valence-corrected chi connectivity index (χ4v) is 21.5. The Morgan fingerprint density at radius 2 is 1.44 bits per heavy atom. The van der Waals surface area contributed by atoms with Crippen molar-refractivity contribution in [2.24, 2.45) is 22.7 Å². The maximum atomic E-state index is 16.3. The molecule has 3 saturated carbocycles. The lowest BCUT2D eigenvalue weighted by Gasteiger charge is -2.67. The molecule has 2 aromatic heterocycles. The molecule has 15 atom stereocenters. The van der Waals surface area contributed by atoms with Crippen LogP contribution in [-0.4, -0.2) is 286 Å². The molecular weight excluding hydrogens is 1780 g/mol. The van der Waals surface area contributed by atoms with Crippen molar-refractivity contribution in [1.82, 2.24) is 51.2 Å². The molecule has 3 saturated heterocycles. The van der Waals surface area contributed by atoms with Crippen LogP contribution in [0.15, 0.2) is 88.5 Å². The maximum absolute atomic E-state index is 16.3. The number of esters is 5. The molecule has 36 nitrogen and oxygen atoms in total. The molecule has 0 radical (unpaired) electrons. The number of ketones is 2. The Bertz CT molecular complexity index is 4690. The third-order valence-corrected chi connectivity index (χ3v) is 29.2. The number of thioether (sulfide) groups is 1. The summed E-state index contributed by atoms with van der Waals surface area (Å²) in [7, 11) is 2.46. The molecule has 1 unspecified atom stereocenters. The molecule has 4 aliphatic carbocycles. The van der Waals surface area contributed by atoms with Crippen LogP contribution in [0.5, 0.6) is 0 Å². The number of aryl methyl sites for hydroxylation is 3. The highest BCUT2D eigenvalue weighted by atomic mass is 33.1. The van der Waals surface area contributed by atoms with Gasteiger partial charge in [-0.25, -0.2) is 28.8 Å². The van der Waals surface area contributed by atoms with Crippen LogP contribution < -0.4 is 26.6 Å². The number of allylic oxidation sites excluding steroid dienone is 1. The number of aliphatic hydroxyl groups excluding tert-OH is 1. The van der Waals surface area contributed by atoms with Crippen LogP contribution in [0.3, 0.4) is 0 Å². The monoisotopic (exact) mass is 1910 g/mol. The number of hydrogen-bond donors (Lipinski definition) is 7. The average Bonchev–Trinajstić information content (AvgIpc) is 1.27. The van der Waals surface area contributed by atoms with E-state index in [0.29, 0.717) is 189 Å². The molecule has 6 fully saturated rings. The summed E-state index contributed by atoms with van der Waals surface area (Å²) in [5, 5.41) is 50.3. The van der Waals surface area contributed by atoms with Gasteiger partial charge in [0.05, 0.1) is 144 Å². The van der Waals surface area contributed by atoms with E-state index in [2.05, 4.69) is 43.8 Å². The van der Waals surface area contributed by atoms with Gasteiger partial charge in [0, 0.05) is 106 Å². The number of alkyl carbamates (subject to hydrolysis) is 1. The average molecular weight is 1910 g/mol. The lowest BCUT2D eigenvalue weighted by molar-refractivity contribution is -0.346. The van der Waals surface area contributed by atoms with Crippen molar-refractivity contribution in [3.8, 4) is 0 Å². The zero-order chi connectivity index (χ0) is 95.6. The first-order valence-electron chi connectivity index (χ1n) is 46.3. The van der Waals surface area contributed by atoms with Crippen LogP contribution in [-0.2, 0) is 127 Å². The fourth-order valence-electron chi connectivity index (χ4n) is 17.7. The minimum Gasteiger partial charge on any atom is -0.455 e. The summed E-state index contributed by atoms with van der Waals surface area (Å²) in [6, 6.07) is 13.5. The summed E-state index contributed by atoms with van der Waals surface area (Å²) in [5.41, 5.74) is -7.62. The van der Waals surface area contributed by atoms with Gasteiger partial charge in [0.25, 0.3) is 0 Å². The number of anilines is 1. The first-order chi connectivity index (χ1) is 63.6. The normalized spacial score (nSPS) is 24.5. The molecule has 4 aromatic rings. The molecular formula is C94H133N11O25S3. The second-order valence-electron chi connectivity index (χ2n) is 36.7. The first kappa shape index (κ1) is 105. The van der Waals surface area contributed by atoms with Crippen molar-refractivity contribution in [2.75, 3.05) is 110 Å². The van der Waals surface area contributed by atoms with Gasteiger partial charge in [-0.3, -0.25) is 28.8 Å². The van der Waals surface area contributed by atoms with Gasteiger partial charge in [-0.2, -0.15) is 21.7 Å². The molecule has 5 heterocycles. The lowest BCUT2D eigenvalue weighted by Crippen LogP contribution is -2.82. The number of carbonyl (C=O) groups is 10. The van der Waals surface area contributed by atoms with Gasteiger partial charge in [-0.15, -0.1) is 5.10 Å². The Morgan fingerprint density at radius 1 is 0.774 bits per heavy atom. The second kappa shape index (κ2) is 49.3. The standard InChI is InChI=1S/C94H133N11O25S3/c1-13-38-118-42-46-122-49-45-121-41-37-105-54-64(103-104-105)33-34-74-99-73(100-87(101-74)96-36-40-120-44-48-123-47-43-119-39-22-27-65(107)26-18-20-29-70-77-67(55-131-70)97-88(115)102-77)30-21-35-95-83(111)59(5)132-133-69-28-19-17-25-63(69)51-75(109)126-78(66(50-57(2)3)98-89(116)130-90(7,8)9)86(114)125-68-53-94(117)82(128-85(113)61-23-15-14-16-24-61)80-92(12,71(108)52-72-93(80,56-124-72)129-60(6)106)81(110)79(127-84(112)62-31-32-62)76(58(68)4)91(94,10)11/h14-17,19,23-25,28,50,54,59,62,66-68,70-72,77-80,82,108,117H,13,18,20-22,26-27,29-49,51-53,55-56H2,1-12H3,(H,95,111)(H,98,116)(H2,97,102,115)(H,96,99,100,101)/t59?,66-,67-,68-,70-,71-,72+,77-,78+,79+,80-,82-,92+,93-,94+/m0/s1. The smallest absolute Gasteiger partial charge is 0.408 e. The Morgan fingerprint density at radius 3 is 2.12 bits per heavy atom. The Hall–Kier alpha value is -8.74. The fraction of sp³-hybridized carbons (Fsp3) is 0.670. The molecule has 0 spiro atoms. The number of aromatic nitrogens is 6. The topological polar surface area (TPSA) is 461 Å². The van der Waals surface area contributed by atoms with Gasteiger partial charge in [-0.05, 0) is 135 Å². The summed E-state index contributed by atoms with van der Waals surface area (Å²) in [5.74, 6) is -5.69. The molecule has 2 bridgehead atoms. The largest absolute Gasteiger partial charge is 0.455 e. The predicted molar refractivity (Wildman–Crippen MR) is 492 cm³/mol. The number of Topliss-reactive ketones (excluding diaryl/α,β-unsaturated/α-hetero) is 2. The van der Waals surface area contributed by atoms with Crippen molar-refractivity contribution in [2.45, 2.75) is 279 Å². The van der Waals surface area contributed by atoms with Crippen LogP contribution in [0.25, 0.3) is 0 Å². The summed E-state index contributed by atoms with van der Waals surface area (Å²) >= 11 is 1.89. The summed E-state index contributed by atoms with van der Waals surface area (Å²) in [4.78, 5) is 157. The number of urea groups is 1. The number of nitrogens with one attached hydrogen (secondary N) is 5. The minimum atomic E-state index is -2.53. The molecule has 3 aliphatic heterocycles. The van der Waals surface area contributed by atoms with Gasteiger partial charge in [0.1, 0.15) is 46.9 Å². The van der Waals surface area contributed by atoms with Crippen LogP contribution in [0, 0.1) is 22.7 Å². The van der Waals surface area contributed by atoms with Crippen LogP contribution in [0.1, 0.15) is 193 Å². The van der Waals surface area contributed by atoms with E-state index in [1.54, 1.807) is 103 Å². The van der Waals surface area contributed by atoms with E-state index in [0.717, 1.165) is 44.1 Å². The van der Waals surface area contributed by atoms with E-state index < -0.39 is 142 Å². The van der Waals surface area contributed by atoms with Crippen LogP contribution in [0.2, 0.25) is 0 Å². The first-order valence-corrected chi connectivity index (χ1v) is 49.6.